The van der Waals surface area contributed by atoms with Gasteiger partial charge in [0.05, 0.1) is 12.0 Å². The number of benzene rings is 1. The average Bonchev–Trinajstić information content (AvgIpc) is 2.36. The molecule has 0 fully saturated rings. The van der Waals surface area contributed by atoms with Crippen LogP contribution in [0.1, 0.15) is 0 Å². The highest BCUT2D eigenvalue weighted by Gasteiger charge is 2.38. The molecule has 0 saturated heterocycles. The maximum absolute atomic E-state index is 12.0. The van der Waals surface area contributed by atoms with Crippen LogP contribution in [0.15, 0.2) is 24.3 Å². The Morgan fingerprint density at radius 3 is 2.26 bits per heavy atom. The molecular weight excluding hydrogens is 285 g/mol. The Kier molecular flexibility index (Phi) is 5.44. The maximum Gasteiger partial charge on any atom is 0.471 e. The van der Waals surface area contributed by atoms with Gasteiger partial charge in [-0.15, -0.1) is 11.6 Å². The second-order valence-corrected chi connectivity index (χ2v) is 4.03. The topological polar surface area (TPSA) is 61.4 Å². The number of nitrogens with one attached hydrogen (secondary N) is 2. The number of anilines is 2. The van der Waals surface area contributed by atoms with E-state index >= 15 is 0 Å². The minimum atomic E-state index is -4.92. The van der Waals surface area contributed by atoms with Crippen molar-refractivity contribution in [3.63, 3.8) is 0 Å². The number of aliphatic hydroxyl groups is 1. The van der Waals surface area contributed by atoms with Gasteiger partial charge in [0, 0.05) is 17.9 Å². The lowest BCUT2D eigenvalue weighted by molar-refractivity contribution is -0.167. The van der Waals surface area contributed by atoms with Crippen LogP contribution in [0.5, 0.6) is 0 Å². The largest absolute Gasteiger partial charge is 0.471 e. The highest BCUT2D eigenvalue weighted by Crippen LogP contribution is 2.19. The molecule has 0 aliphatic rings. The summed E-state index contributed by atoms with van der Waals surface area (Å²) < 4.78 is 36.0. The van der Waals surface area contributed by atoms with E-state index in [0.29, 0.717) is 5.69 Å². The van der Waals surface area contributed by atoms with E-state index in [2.05, 4.69) is 5.32 Å². The van der Waals surface area contributed by atoms with Gasteiger partial charge in [-0.25, -0.2) is 0 Å². The maximum atomic E-state index is 12.0. The molecular formula is C11H12ClF3N2O2. The lowest BCUT2D eigenvalue weighted by atomic mass is 10.2. The molecule has 1 atom stereocenters. The molecule has 0 spiro atoms. The van der Waals surface area contributed by atoms with E-state index in [1.165, 1.54) is 24.3 Å². The highest BCUT2D eigenvalue weighted by atomic mass is 35.5. The molecule has 1 aromatic carbocycles. The molecule has 0 aliphatic carbocycles. The average molecular weight is 297 g/mol. The van der Waals surface area contributed by atoms with Crippen LogP contribution in [0.25, 0.3) is 0 Å². The number of halogens is 4. The highest BCUT2D eigenvalue weighted by molar-refractivity contribution is 6.18. The molecule has 0 bridgehead atoms. The smallest absolute Gasteiger partial charge is 0.390 e. The zero-order valence-corrected chi connectivity index (χ0v) is 10.4. The number of hydrogen-bond donors (Lipinski definition) is 3. The van der Waals surface area contributed by atoms with Crippen molar-refractivity contribution in [2.24, 2.45) is 0 Å². The number of amides is 1. The minimum absolute atomic E-state index is 0.0331. The third-order valence-corrected chi connectivity index (χ3v) is 2.48. The van der Waals surface area contributed by atoms with Gasteiger partial charge in [-0.1, -0.05) is 0 Å². The first-order chi connectivity index (χ1) is 8.82. The van der Waals surface area contributed by atoms with Crippen molar-refractivity contribution in [1.82, 2.24) is 0 Å². The zero-order valence-electron chi connectivity index (χ0n) is 9.67. The van der Waals surface area contributed by atoms with Gasteiger partial charge >= 0.3 is 12.1 Å². The van der Waals surface area contributed by atoms with Crippen LogP contribution in [0.4, 0.5) is 24.5 Å². The van der Waals surface area contributed by atoms with E-state index in [4.69, 9.17) is 11.6 Å². The first-order valence-corrected chi connectivity index (χ1v) is 5.82. The zero-order chi connectivity index (χ0) is 14.5. The van der Waals surface area contributed by atoms with E-state index in [1.54, 1.807) is 5.32 Å². The van der Waals surface area contributed by atoms with Crippen molar-refractivity contribution in [1.29, 1.82) is 0 Å². The van der Waals surface area contributed by atoms with Crippen LogP contribution in [0, 0.1) is 0 Å². The Morgan fingerprint density at radius 2 is 1.79 bits per heavy atom. The van der Waals surface area contributed by atoms with Crippen LogP contribution in [-0.2, 0) is 4.79 Å². The summed E-state index contributed by atoms with van der Waals surface area (Å²) in [5.41, 5.74) is 0.625. The number of hydrogen-bond acceptors (Lipinski definition) is 3. The Hall–Kier alpha value is -1.47. The van der Waals surface area contributed by atoms with Gasteiger partial charge in [-0.05, 0) is 24.3 Å². The van der Waals surface area contributed by atoms with Gasteiger partial charge in [0.25, 0.3) is 0 Å². The lowest BCUT2D eigenvalue weighted by Gasteiger charge is -2.11. The molecule has 1 rings (SSSR count). The molecule has 0 aromatic heterocycles. The molecule has 106 valence electrons. The summed E-state index contributed by atoms with van der Waals surface area (Å²) in [5.74, 6) is -1.95. The second-order valence-electron chi connectivity index (χ2n) is 3.72. The van der Waals surface area contributed by atoms with Crippen LogP contribution in [0.3, 0.4) is 0 Å². The molecule has 1 unspecified atom stereocenters. The van der Waals surface area contributed by atoms with E-state index < -0.39 is 18.2 Å². The SMILES string of the molecule is O=C(Nc1ccc(NCC(O)CCl)cc1)C(F)(F)F. The summed E-state index contributed by atoms with van der Waals surface area (Å²) in [5, 5.41) is 13.8. The predicted octanol–water partition coefficient (Wildman–Crippen LogP) is 2.20. The van der Waals surface area contributed by atoms with Crippen molar-refractivity contribution in [2.75, 3.05) is 23.1 Å². The van der Waals surface area contributed by atoms with Crippen molar-refractivity contribution < 1.29 is 23.1 Å². The third-order valence-electron chi connectivity index (χ3n) is 2.12. The predicted molar refractivity (Wildman–Crippen MR) is 66.3 cm³/mol. The molecule has 0 aliphatic heterocycles. The summed E-state index contributed by atoms with van der Waals surface area (Å²) in [6, 6.07) is 5.60. The summed E-state index contributed by atoms with van der Waals surface area (Å²) in [6.07, 6.45) is -5.63. The Morgan fingerprint density at radius 1 is 1.26 bits per heavy atom. The van der Waals surface area contributed by atoms with E-state index in [9.17, 15) is 23.1 Å². The van der Waals surface area contributed by atoms with Gasteiger partial charge in [0.1, 0.15) is 0 Å². The van der Waals surface area contributed by atoms with E-state index in [-0.39, 0.29) is 18.1 Å². The number of carbonyl (C=O) groups excluding carboxylic acids is 1. The van der Waals surface area contributed by atoms with Crippen LogP contribution >= 0.6 is 11.6 Å². The monoisotopic (exact) mass is 296 g/mol. The van der Waals surface area contributed by atoms with Crippen molar-refractivity contribution in [3.8, 4) is 0 Å². The standard InChI is InChI=1S/C11H12ClF3N2O2/c12-5-9(18)6-16-7-1-3-8(4-2-7)17-10(19)11(13,14)15/h1-4,9,16,18H,5-6H2,(H,17,19). The van der Waals surface area contributed by atoms with Crippen molar-refractivity contribution in [2.45, 2.75) is 12.3 Å². The molecule has 4 nitrogen and oxygen atoms in total. The van der Waals surface area contributed by atoms with Gasteiger partial charge in [-0.3, -0.25) is 4.79 Å². The van der Waals surface area contributed by atoms with Gasteiger partial charge in [0.15, 0.2) is 0 Å². The molecule has 0 heterocycles. The lowest BCUT2D eigenvalue weighted by Crippen LogP contribution is -2.29. The van der Waals surface area contributed by atoms with Gasteiger partial charge in [0.2, 0.25) is 0 Å². The van der Waals surface area contributed by atoms with Crippen LogP contribution < -0.4 is 10.6 Å². The second kappa shape index (κ2) is 6.63. The first-order valence-electron chi connectivity index (χ1n) is 5.29. The quantitative estimate of drug-likeness (QED) is 0.730. The molecule has 0 radical (unpaired) electrons. The fourth-order valence-corrected chi connectivity index (χ4v) is 1.27. The molecule has 1 aromatic rings. The summed E-state index contributed by atoms with van der Waals surface area (Å²) >= 11 is 5.40. The summed E-state index contributed by atoms with van der Waals surface area (Å²) in [7, 11) is 0. The fourth-order valence-electron chi connectivity index (χ4n) is 1.16. The third kappa shape index (κ3) is 5.35. The first kappa shape index (κ1) is 15.6. The van der Waals surface area contributed by atoms with Gasteiger partial charge < -0.3 is 15.7 Å². The molecule has 3 N–H and O–H groups in total. The van der Waals surface area contributed by atoms with Crippen LogP contribution in [-0.4, -0.2) is 35.7 Å². The van der Waals surface area contributed by atoms with Crippen molar-refractivity contribution in [3.05, 3.63) is 24.3 Å². The van der Waals surface area contributed by atoms with Gasteiger partial charge in [-0.2, -0.15) is 13.2 Å². The molecule has 8 heteroatoms. The molecule has 19 heavy (non-hydrogen) atoms. The Bertz CT molecular complexity index is 423. The normalized spacial score (nSPS) is 12.9. The number of carbonyl (C=O) groups is 1. The van der Waals surface area contributed by atoms with E-state index in [1.807, 2.05) is 0 Å². The van der Waals surface area contributed by atoms with Crippen molar-refractivity contribution >= 4 is 28.9 Å². The van der Waals surface area contributed by atoms with E-state index in [0.717, 1.165) is 0 Å². The number of alkyl halides is 4. The fraction of sp³-hybridized carbons (Fsp3) is 0.364. The summed E-state index contributed by atoms with van der Waals surface area (Å²) in [4.78, 5) is 10.7. The molecule has 0 saturated carbocycles. The Labute approximate surface area is 112 Å². The minimum Gasteiger partial charge on any atom is -0.390 e. The number of rotatable bonds is 5. The Balaban J connectivity index is 2.55. The van der Waals surface area contributed by atoms with Crippen LogP contribution in [0.2, 0.25) is 0 Å². The number of aliphatic hydroxyl groups excluding tert-OH is 1. The summed E-state index contributed by atoms with van der Waals surface area (Å²) in [6.45, 7) is 0.220. The molecule has 1 amide bonds.